The van der Waals surface area contributed by atoms with Crippen LogP contribution in [-0.4, -0.2) is 25.9 Å². The first-order valence-electron chi connectivity index (χ1n) is 7.34. The minimum atomic E-state index is -0.541. The third kappa shape index (κ3) is 4.00. The molecule has 0 bridgehead atoms. The van der Waals surface area contributed by atoms with Crippen LogP contribution in [0.1, 0.15) is 30.2 Å². The first-order chi connectivity index (χ1) is 10.7. The highest BCUT2D eigenvalue weighted by molar-refractivity contribution is 5.42. The van der Waals surface area contributed by atoms with Crippen LogP contribution in [-0.2, 0) is 0 Å². The van der Waals surface area contributed by atoms with Crippen molar-refractivity contribution in [1.82, 2.24) is 5.32 Å². The molecule has 0 aliphatic rings. The number of hydrogen-bond acceptors (Lipinski definition) is 4. The molecule has 22 heavy (non-hydrogen) atoms. The number of ether oxygens (including phenoxy) is 2. The second kappa shape index (κ2) is 7.82. The summed E-state index contributed by atoms with van der Waals surface area (Å²) in [5.41, 5.74) is 1.90. The Bertz CT molecular complexity index is 586. The van der Waals surface area contributed by atoms with Gasteiger partial charge in [-0.2, -0.15) is 0 Å². The van der Waals surface area contributed by atoms with Crippen molar-refractivity contribution in [3.63, 3.8) is 0 Å². The minimum Gasteiger partial charge on any atom is -0.497 e. The molecule has 2 aromatic carbocycles. The monoisotopic (exact) mass is 301 g/mol. The van der Waals surface area contributed by atoms with Crippen LogP contribution in [0.5, 0.6) is 11.5 Å². The summed E-state index contributed by atoms with van der Waals surface area (Å²) >= 11 is 0. The van der Waals surface area contributed by atoms with Crippen molar-refractivity contribution in [1.29, 1.82) is 0 Å². The van der Waals surface area contributed by atoms with Gasteiger partial charge in [-0.25, -0.2) is 0 Å². The van der Waals surface area contributed by atoms with Gasteiger partial charge >= 0.3 is 0 Å². The van der Waals surface area contributed by atoms with Gasteiger partial charge in [-0.1, -0.05) is 30.3 Å². The molecular formula is C18H23NO3. The van der Waals surface area contributed by atoms with Gasteiger partial charge in [0, 0.05) is 18.2 Å². The average molecular weight is 301 g/mol. The molecule has 0 unspecified atom stereocenters. The fraction of sp³-hybridized carbons (Fsp3) is 0.333. The SMILES string of the molecule is COc1ccc(OC)c([C@@H](C)NC[C@H](O)c2ccccc2)c1. The lowest BCUT2D eigenvalue weighted by atomic mass is 10.1. The number of methoxy groups -OCH3 is 2. The van der Waals surface area contributed by atoms with Gasteiger partial charge < -0.3 is 19.9 Å². The Morgan fingerprint density at radius 3 is 2.41 bits per heavy atom. The predicted molar refractivity (Wildman–Crippen MR) is 87.4 cm³/mol. The lowest BCUT2D eigenvalue weighted by molar-refractivity contribution is 0.170. The summed E-state index contributed by atoms with van der Waals surface area (Å²) in [5.74, 6) is 1.59. The molecule has 4 heteroatoms. The zero-order valence-corrected chi connectivity index (χ0v) is 13.2. The zero-order chi connectivity index (χ0) is 15.9. The van der Waals surface area contributed by atoms with Crippen molar-refractivity contribution >= 4 is 0 Å². The molecule has 118 valence electrons. The van der Waals surface area contributed by atoms with Gasteiger partial charge in [-0.15, -0.1) is 0 Å². The second-order valence-corrected chi connectivity index (χ2v) is 5.16. The van der Waals surface area contributed by atoms with Gasteiger partial charge in [-0.3, -0.25) is 0 Å². The minimum absolute atomic E-state index is 0.0309. The van der Waals surface area contributed by atoms with Crippen LogP contribution in [0.3, 0.4) is 0 Å². The third-order valence-corrected chi connectivity index (χ3v) is 3.71. The molecule has 0 spiro atoms. The molecule has 0 amide bonds. The molecule has 0 radical (unpaired) electrons. The molecule has 2 aromatic rings. The lowest BCUT2D eigenvalue weighted by Gasteiger charge is -2.20. The molecule has 0 saturated heterocycles. The number of aliphatic hydroxyl groups is 1. The molecule has 0 aromatic heterocycles. The topological polar surface area (TPSA) is 50.7 Å². The van der Waals surface area contributed by atoms with Gasteiger partial charge in [0.15, 0.2) is 0 Å². The largest absolute Gasteiger partial charge is 0.497 e. The highest BCUT2D eigenvalue weighted by Crippen LogP contribution is 2.29. The van der Waals surface area contributed by atoms with E-state index in [1.807, 2.05) is 55.5 Å². The van der Waals surface area contributed by atoms with Crippen molar-refractivity contribution < 1.29 is 14.6 Å². The normalized spacial score (nSPS) is 13.5. The molecule has 4 nitrogen and oxygen atoms in total. The van der Waals surface area contributed by atoms with Crippen LogP contribution in [0.25, 0.3) is 0 Å². The standard InChI is InChI=1S/C18H23NO3/c1-13(16-11-15(21-2)9-10-18(16)22-3)19-12-17(20)14-7-5-4-6-8-14/h4-11,13,17,19-20H,12H2,1-3H3/t13-,17+/m1/s1. The molecule has 2 N–H and O–H groups in total. The van der Waals surface area contributed by atoms with Crippen molar-refractivity contribution in [2.75, 3.05) is 20.8 Å². The fourth-order valence-electron chi connectivity index (χ4n) is 2.37. The van der Waals surface area contributed by atoms with Crippen LogP contribution < -0.4 is 14.8 Å². The van der Waals surface area contributed by atoms with E-state index in [1.165, 1.54) is 0 Å². The Morgan fingerprint density at radius 1 is 1.05 bits per heavy atom. The molecule has 0 aliphatic carbocycles. The van der Waals surface area contributed by atoms with E-state index in [9.17, 15) is 5.11 Å². The third-order valence-electron chi connectivity index (χ3n) is 3.71. The van der Waals surface area contributed by atoms with E-state index in [0.29, 0.717) is 6.54 Å². The molecular weight excluding hydrogens is 278 g/mol. The predicted octanol–water partition coefficient (Wildman–Crippen LogP) is 3.09. The van der Waals surface area contributed by atoms with E-state index in [1.54, 1.807) is 14.2 Å². The van der Waals surface area contributed by atoms with Crippen LogP contribution >= 0.6 is 0 Å². The van der Waals surface area contributed by atoms with Gasteiger partial charge in [-0.05, 0) is 30.7 Å². The highest BCUT2D eigenvalue weighted by atomic mass is 16.5. The molecule has 0 aliphatic heterocycles. The van der Waals surface area contributed by atoms with E-state index in [-0.39, 0.29) is 6.04 Å². The van der Waals surface area contributed by atoms with Crippen LogP contribution in [0.15, 0.2) is 48.5 Å². The first kappa shape index (κ1) is 16.3. The van der Waals surface area contributed by atoms with Gasteiger partial charge in [0.25, 0.3) is 0 Å². The number of aliphatic hydroxyl groups excluding tert-OH is 1. The maximum atomic E-state index is 10.2. The fourth-order valence-corrected chi connectivity index (χ4v) is 2.37. The van der Waals surface area contributed by atoms with E-state index in [4.69, 9.17) is 9.47 Å². The van der Waals surface area contributed by atoms with Crippen LogP contribution in [0, 0.1) is 0 Å². The molecule has 0 heterocycles. The van der Waals surface area contributed by atoms with Gasteiger partial charge in [0.05, 0.1) is 20.3 Å². The summed E-state index contributed by atoms with van der Waals surface area (Å²) in [5, 5.41) is 13.6. The smallest absolute Gasteiger partial charge is 0.123 e. The van der Waals surface area contributed by atoms with Gasteiger partial charge in [0.2, 0.25) is 0 Å². The first-order valence-corrected chi connectivity index (χ1v) is 7.34. The summed E-state index contributed by atoms with van der Waals surface area (Å²) in [4.78, 5) is 0. The van der Waals surface area contributed by atoms with Crippen molar-refractivity contribution in [3.8, 4) is 11.5 Å². The summed E-state index contributed by atoms with van der Waals surface area (Å²) in [6.07, 6.45) is -0.541. The Hall–Kier alpha value is -2.04. The van der Waals surface area contributed by atoms with Gasteiger partial charge in [0.1, 0.15) is 11.5 Å². The molecule has 0 fully saturated rings. The quantitative estimate of drug-likeness (QED) is 0.825. The Balaban J connectivity index is 2.04. The van der Waals surface area contributed by atoms with E-state index in [2.05, 4.69) is 5.32 Å². The summed E-state index contributed by atoms with van der Waals surface area (Å²) in [6.45, 7) is 2.50. The van der Waals surface area contributed by atoms with E-state index < -0.39 is 6.10 Å². The summed E-state index contributed by atoms with van der Waals surface area (Å²) in [7, 11) is 3.29. The van der Waals surface area contributed by atoms with E-state index >= 15 is 0 Å². The lowest BCUT2D eigenvalue weighted by Crippen LogP contribution is -2.25. The Kier molecular flexibility index (Phi) is 5.81. The van der Waals surface area contributed by atoms with Crippen LogP contribution in [0.4, 0.5) is 0 Å². The number of rotatable bonds is 7. The van der Waals surface area contributed by atoms with Crippen molar-refractivity contribution in [3.05, 3.63) is 59.7 Å². The average Bonchev–Trinajstić information content (AvgIpc) is 2.59. The number of benzene rings is 2. The maximum absolute atomic E-state index is 10.2. The van der Waals surface area contributed by atoms with Crippen LogP contribution in [0.2, 0.25) is 0 Å². The molecule has 0 saturated carbocycles. The summed E-state index contributed by atoms with van der Waals surface area (Å²) < 4.78 is 10.7. The van der Waals surface area contributed by atoms with Crippen molar-refractivity contribution in [2.24, 2.45) is 0 Å². The number of nitrogens with one attached hydrogen (secondary N) is 1. The zero-order valence-electron chi connectivity index (χ0n) is 13.2. The molecule has 2 atom stereocenters. The molecule has 2 rings (SSSR count). The highest BCUT2D eigenvalue weighted by Gasteiger charge is 2.14. The van der Waals surface area contributed by atoms with E-state index in [0.717, 1.165) is 22.6 Å². The Morgan fingerprint density at radius 2 is 1.77 bits per heavy atom. The maximum Gasteiger partial charge on any atom is 0.123 e. The summed E-state index contributed by atoms with van der Waals surface area (Å²) in [6, 6.07) is 15.4. The number of hydrogen-bond donors (Lipinski definition) is 2. The second-order valence-electron chi connectivity index (χ2n) is 5.16. The Labute approximate surface area is 131 Å². The van der Waals surface area contributed by atoms with Crippen molar-refractivity contribution in [2.45, 2.75) is 19.1 Å².